The predicted octanol–water partition coefficient (Wildman–Crippen LogP) is 3.29. The highest BCUT2D eigenvalue weighted by Crippen LogP contribution is 2.26. The normalized spacial score (nSPS) is 11.5. The first kappa shape index (κ1) is 16.3. The lowest BCUT2D eigenvalue weighted by Gasteiger charge is -2.15. The molecule has 1 rings (SSSR count). The van der Waals surface area contributed by atoms with Gasteiger partial charge in [-0.2, -0.15) is 5.26 Å². The number of carbonyl (C=O) groups excluding carboxylic acids is 1. The number of hydrogen-bond acceptors (Lipinski definition) is 3. The minimum Gasteiger partial charge on any atom is -0.479 e. The van der Waals surface area contributed by atoms with E-state index in [9.17, 15) is 4.79 Å². The first-order chi connectivity index (χ1) is 9.60. The van der Waals surface area contributed by atoms with Crippen LogP contribution in [0.2, 0.25) is 5.02 Å². The van der Waals surface area contributed by atoms with Gasteiger partial charge in [-0.3, -0.25) is 4.79 Å². The van der Waals surface area contributed by atoms with Gasteiger partial charge in [-0.1, -0.05) is 37.4 Å². The van der Waals surface area contributed by atoms with Crippen LogP contribution in [0.25, 0.3) is 0 Å². The quantitative estimate of drug-likeness (QED) is 0.785. The van der Waals surface area contributed by atoms with Crippen LogP contribution in [0.4, 0.5) is 0 Å². The Labute approximate surface area is 124 Å². The van der Waals surface area contributed by atoms with Gasteiger partial charge in [0, 0.05) is 6.54 Å². The Kier molecular flexibility index (Phi) is 6.89. The van der Waals surface area contributed by atoms with Crippen LogP contribution in [-0.2, 0) is 4.79 Å². The highest BCUT2D eigenvalue weighted by atomic mass is 35.5. The molecule has 0 spiro atoms. The monoisotopic (exact) mass is 294 g/mol. The zero-order valence-electron chi connectivity index (χ0n) is 11.8. The number of hydrogen-bond donors (Lipinski definition) is 1. The molecule has 0 aromatic heterocycles. The van der Waals surface area contributed by atoms with E-state index in [0.29, 0.717) is 17.3 Å². The number of nitrogens with one attached hydrogen (secondary N) is 1. The van der Waals surface area contributed by atoms with Crippen molar-refractivity contribution in [3.63, 3.8) is 0 Å². The molecular formula is C15H19ClN2O2. The van der Waals surface area contributed by atoms with Crippen molar-refractivity contribution in [2.75, 3.05) is 6.54 Å². The largest absolute Gasteiger partial charge is 0.479 e. The number of ether oxygens (including phenoxy) is 1. The molecule has 1 atom stereocenters. The number of amides is 1. The molecular weight excluding hydrogens is 276 g/mol. The van der Waals surface area contributed by atoms with Crippen molar-refractivity contribution >= 4 is 17.5 Å². The van der Waals surface area contributed by atoms with E-state index in [4.69, 9.17) is 21.6 Å². The van der Waals surface area contributed by atoms with Crippen LogP contribution in [0.5, 0.6) is 5.75 Å². The molecule has 0 aliphatic rings. The maximum absolute atomic E-state index is 11.8. The summed E-state index contributed by atoms with van der Waals surface area (Å²) in [6.07, 6.45) is 2.48. The van der Waals surface area contributed by atoms with Crippen LogP contribution in [0.3, 0.4) is 0 Å². The van der Waals surface area contributed by atoms with E-state index in [0.717, 1.165) is 19.3 Å². The molecule has 0 heterocycles. The molecule has 0 fully saturated rings. The Morgan fingerprint density at radius 2 is 2.25 bits per heavy atom. The molecule has 0 aliphatic heterocycles. The number of carbonyl (C=O) groups is 1. The number of rotatable bonds is 7. The molecule has 1 aromatic carbocycles. The third kappa shape index (κ3) is 4.75. The number of benzene rings is 1. The van der Waals surface area contributed by atoms with Crippen molar-refractivity contribution in [3.05, 3.63) is 28.8 Å². The molecule has 1 unspecified atom stereocenters. The fraction of sp³-hybridized carbons (Fsp3) is 0.467. The van der Waals surface area contributed by atoms with E-state index < -0.39 is 6.10 Å². The second-order valence-electron chi connectivity index (χ2n) is 4.48. The van der Waals surface area contributed by atoms with Crippen LogP contribution >= 0.6 is 11.6 Å². The zero-order chi connectivity index (χ0) is 15.0. The summed E-state index contributed by atoms with van der Waals surface area (Å²) in [6, 6.07) is 6.91. The fourth-order valence-corrected chi connectivity index (χ4v) is 1.89. The first-order valence-corrected chi connectivity index (χ1v) is 7.11. The van der Waals surface area contributed by atoms with Gasteiger partial charge in [0.15, 0.2) is 6.10 Å². The maximum atomic E-state index is 11.8. The number of unbranched alkanes of at least 4 members (excludes halogenated alkanes) is 2. The standard InChI is InChI=1S/C15H19ClN2O2/c1-3-4-5-9-18-15(19)11(2)20-14-8-6-7-13(16)12(14)10-17/h6-8,11H,3-5,9H2,1-2H3,(H,18,19). The van der Waals surface area contributed by atoms with Crippen molar-refractivity contribution in [1.82, 2.24) is 5.32 Å². The van der Waals surface area contributed by atoms with Gasteiger partial charge >= 0.3 is 0 Å². The van der Waals surface area contributed by atoms with E-state index in [-0.39, 0.29) is 11.5 Å². The minimum atomic E-state index is -0.665. The van der Waals surface area contributed by atoms with Crippen LogP contribution in [-0.4, -0.2) is 18.6 Å². The first-order valence-electron chi connectivity index (χ1n) is 6.73. The Morgan fingerprint density at radius 3 is 2.90 bits per heavy atom. The summed E-state index contributed by atoms with van der Waals surface area (Å²) in [4.78, 5) is 11.8. The second kappa shape index (κ2) is 8.44. The summed E-state index contributed by atoms with van der Waals surface area (Å²) < 4.78 is 5.52. The van der Waals surface area contributed by atoms with Crippen molar-refractivity contribution in [2.45, 2.75) is 39.2 Å². The van der Waals surface area contributed by atoms with Crippen LogP contribution in [0.15, 0.2) is 18.2 Å². The smallest absolute Gasteiger partial charge is 0.260 e. The van der Waals surface area contributed by atoms with Gasteiger partial charge in [-0.15, -0.1) is 0 Å². The van der Waals surface area contributed by atoms with E-state index in [2.05, 4.69) is 12.2 Å². The molecule has 0 aliphatic carbocycles. The lowest BCUT2D eigenvalue weighted by Crippen LogP contribution is -2.36. The highest BCUT2D eigenvalue weighted by Gasteiger charge is 2.16. The van der Waals surface area contributed by atoms with Crippen LogP contribution < -0.4 is 10.1 Å². The van der Waals surface area contributed by atoms with Gasteiger partial charge in [0.05, 0.1) is 5.02 Å². The third-order valence-electron chi connectivity index (χ3n) is 2.84. The molecule has 0 saturated carbocycles. The summed E-state index contributed by atoms with van der Waals surface area (Å²) in [5.41, 5.74) is 0.250. The SMILES string of the molecule is CCCCCNC(=O)C(C)Oc1cccc(Cl)c1C#N. The Bertz CT molecular complexity index is 497. The molecule has 4 nitrogen and oxygen atoms in total. The highest BCUT2D eigenvalue weighted by molar-refractivity contribution is 6.31. The Morgan fingerprint density at radius 1 is 1.50 bits per heavy atom. The summed E-state index contributed by atoms with van der Waals surface area (Å²) in [7, 11) is 0. The molecule has 1 N–H and O–H groups in total. The number of halogens is 1. The van der Waals surface area contributed by atoms with Gasteiger partial charge < -0.3 is 10.1 Å². The Hall–Kier alpha value is -1.73. The van der Waals surface area contributed by atoms with Crippen molar-refractivity contribution in [1.29, 1.82) is 5.26 Å². The predicted molar refractivity (Wildman–Crippen MR) is 78.8 cm³/mol. The van der Waals surface area contributed by atoms with Crippen molar-refractivity contribution in [3.8, 4) is 11.8 Å². The van der Waals surface area contributed by atoms with Gasteiger partial charge in [0.25, 0.3) is 5.91 Å². The summed E-state index contributed by atoms with van der Waals surface area (Å²) in [5.74, 6) is 0.140. The lowest BCUT2D eigenvalue weighted by molar-refractivity contribution is -0.127. The molecule has 0 saturated heterocycles. The van der Waals surface area contributed by atoms with Crippen LogP contribution in [0.1, 0.15) is 38.7 Å². The van der Waals surface area contributed by atoms with E-state index in [1.165, 1.54) is 0 Å². The lowest BCUT2D eigenvalue weighted by atomic mass is 10.2. The summed E-state index contributed by atoms with van der Waals surface area (Å²) in [6.45, 7) is 4.40. The topological polar surface area (TPSA) is 62.1 Å². The van der Waals surface area contributed by atoms with Gasteiger partial charge in [-0.05, 0) is 25.5 Å². The van der Waals surface area contributed by atoms with Gasteiger partial charge in [-0.25, -0.2) is 0 Å². The summed E-state index contributed by atoms with van der Waals surface area (Å²) >= 11 is 5.91. The average molecular weight is 295 g/mol. The minimum absolute atomic E-state index is 0.190. The Balaban J connectivity index is 2.58. The molecule has 20 heavy (non-hydrogen) atoms. The molecule has 0 bridgehead atoms. The van der Waals surface area contributed by atoms with Crippen LogP contribution in [0, 0.1) is 11.3 Å². The second-order valence-corrected chi connectivity index (χ2v) is 4.89. The fourth-order valence-electron chi connectivity index (χ4n) is 1.69. The zero-order valence-corrected chi connectivity index (χ0v) is 12.5. The van der Waals surface area contributed by atoms with E-state index in [1.54, 1.807) is 25.1 Å². The van der Waals surface area contributed by atoms with Gasteiger partial charge in [0.1, 0.15) is 17.4 Å². The van der Waals surface area contributed by atoms with Crippen molar-refractivity contribution < 1.29 is 9.53 Å². The maximum Gasteiger partial charge on any atom is 0.260 e. The molecule has 1 amide bonds. The number of nitrogens with zero attached hydrogens (tertiary/aromatic N) is 1. The van der Waals surface area contributed by atoms with E-state index >= 15 is 0 Å². The average Bonchev–Trinajstić information content (AvgIpc) is 2.43. The number of nitriles is 1. The van der Waals surface area contributed by atoms with Gasteiger partial charge in [0.2, 0.25) is 0 Å². The van der Waals surface area contributed by atoms with E-state index in [1.807, 2.05) is 6.07 Å². The summed E-state index contributed by atoms with van der Waals surface area (Å²) in [5, 5.41) is 12.2. The molecule has 1 aromatic rings. The molecule has 0 radical (unpaired) electrons. The molecule has 5 heteroatoms. The molecule has 108 valence electrons. The van der Waals surface area contributed by atoms with Crippen molar-refractivity contribution in [2.24, 2.45) is 0 Å². The third-order valence-corrected chi connectivity index (χ3v) is 3.15.